The van der Waals surface area contributed by atoms with Crippen molar-refractivity contribution in [3.8, 4) is 5.75 Å². The highest BCUT2D eigenvalue weighted by atomic mass is 79.9. The van der Waals surface area contributed by atoms with Gasteiger partial charge in [-0.05, 0) is 55.3 Å². The molecular weight excluding hydrogens is 456 g/mol. The highest BCUT2D eigenvalue weighted by Gasteiger charge is 2.26. The van der Waals surface area contributed by atoms with Crippen molar-refractivity contribution >= 4 is 39.3 Å². The van der Waals surface area contributed by atoms with Gasteiger partial charge in [0.05, 0.1) is 0 Å². The first kappa shape index (κ1) is 23.2. The van der Waals surface area contributed by atoms with Gasteiger partial charge in [0, 0.05) is 22.6 Å². The Morgan fingerprint density at radius 1 is 1.14 bits per heavy atom. The number of carbonyl (C=O) groups is 2. The Labute approximate surface area is 185 Å². The number of benzene rings is 2. The Morgan fingerprint density at radius 3 is 2.41 bits per heavy atom. The lowest BCUT2D eigenvalue weighted by atomic mass is 10.1. The summed E-state index contributed by atoms with van der Waals surface area (Å²) in [5.41, 5.74) is 0.889. The van der Waals surface area contributed by atoms with Crippen LogP contribution in [0, 0.1) is 0 Å². The molecular formula is C22H26BrClN2O3. The van der Waals surface area contributed by atoms with Crippen molar-refractivity contribution in [2.24, 2.45) is 0 Å². The summed E-state index contributed by atoms with van der Waals surface area (Å²) >= 11 is 9.32. The van der Waals surface area contributed by atoms with Crippen molar-refractivity contribution in [3.05, 3.63) is 63.6 Å². The average Bonchev–Trinajstić information content (AvgIpc) is 2.72. The third-order valence-electron chi connectivity index (χ3n) is 4.44. The minimum atomic E-state index is -0.622. The Kier molecular flexibility index (Phi) is 9.48. The minimum Gasteiger partial charge on any atom is -0.484 e. The van der Waals surface area contributed by atoms with Crippen molar-refractivity contribution in [2.45, 2.75) is 39.3 Å². The lowest BCUT2D eigenvalue weighted by molar-refractivity contribution is -0.142. The van der Waals surface area contributed by atoms with Gasteiger partial charge in [0.15, 0.2) is 6.61 Å². The summed E-state index contributed by atoms with van der Waals surface area (Å²) in [5.74, 6) is 0.151. The molecule has 2 rings (SSSR count). The van der Waals surface area contributed by atoms with Crippen molar-refractivity contribution in [1.82, 2.24) is 10.2 Å². The molecule has 2 amide bonds. The summed E-state index contributed by atoms with van der Waals surface area (Å²) in [5, 5.41) is 3.51. The maximum atomic E-state index is 12.9. The number of unbranched alkanes of at least 4 members (excludes halogenated alkanes) is 1. The zero-order valence-electron chi connectivity index (χ0n) is 16.7. The van der Waals surface area contributed by atoms with E-state index in [0.29, 0.717) is 23.9 Å². The van der Waals surface area contributed by atoms with Crippen molar-refractivity contribution in [2.75, 3.05) is 13.2 Å². The molecule has 0 spiro atoms. The summed E-state index contributed by atoms with van der Waals surface area (Å²) in [7, 11) is 0. The molecule has 156 valence electrons. The smallest absolute Gasteiger partial charge is 0.261 e. The number of nitrogens with zero attached hydrogens (tertiary/aromatic N) is 1. The standard InChI is InChI=1S/C22H26BrClN2O3/c1-3-4-13-25-22(28)16(2)26(14-17-5-9-19(24)10-6-17)21(27)15-29-20-11-7-18(23)8-12-20/h5-12,16H,3-4,13-15H2,1-2H3,(H,25,28)/t16-/m0/s1. The first-order valence-corrected chi connectivity index (χ1v) is 10.8. The molecule has 0 unspecified atom stereocenters. The van der Waals surface area contributed by atoms with Gasteiger partial charge >= 0.3 is 0 Å². The van der Waals surface area contributed by atoms with Crippen LogP contribution in [0.4, 0.5) is 0 Å². The molecule has 0 aliphatic rings. The molecule has 0 saturated carbocycles. The SMILES string of the molecule is CCCCNC(=O)[C@H](C)N(Cc1ccc(Cl)cc1)C(=O)COc1ccc(Br)cc1. The molecule has 29 heavy (non-hydrogen) atoms. The normalized spacial score (nSPS) is 11.6. The van der Waals surface area contributed by atoms with E-state index in [4.69, 9.17) is 16.3 Å². The van der Waals surface area contributed by atoms with Crippen LogP contribution in [0.5, 0.6) is 5.75 Å². The Bertz CT molecular complexity index is 797. The summed E-state index contributed by atoms with van der Waals surface area (Å²) in [6.45, 7) is 4.53. The lowest BCUT2D eigenvalue weighted by Gasteiger charge is -2.28. The zero-order chi connectivity index (χ0) is 21.2. The number of amides is 2. The summed E-state index contributed by atoms with van der Waals surface area (Å²) in [6, 6.07) is 13.9. The van der Waals surface area contributed by atoms with E-state index in [-0.39, 0.29) is 18.4 Å². The third-order valence-corrected chi connectivity index (χ3v) is 5.22. The van der Waals surface area contributed by atoms with Gasteiger partial charge in [0.2, 0.25) is 5.91 Å². The molecule has 0 aromatic heterocycles. The quantitative estimate of drug-likeness (QED) is 0.495. The molecule has 2 aromatic carbocycles. The zero-order valence-corrected chi connectivity index (χ0v) is 19.0. The highest BCUT2D eigenvalue weighted by Crippen LogP contribution is 2.17. The average molecular weight is 482 g/mol. The Hall–Kier alpha value is -2.05. The number of rotatable bonds is 10. The molecule has 0 heterocycles. The molecule has 0 radical (unpaired) electrons. The van der Waals surface area contributed by atoms with Crippen LogP contribution in [-0.4, -0.2) is 35.9 Å². The molecule has 1 atom stereocenters. The highest BCUT2D eigenvalue weighted by molar-refractivity contribution is 9.10. The fourth-order valence-electron chi connectivity index (χ4n) is 2.66. The first-order valence-electron chi connectivity index (χ1n) is 9.60. The summed E-state index contributed by atoms with van der Waals surface area (Å²) in [4.78, 5) is 27.0. The number of hydrogen-bond acceptors (Lipinski definition) is 3. The van der Waals surface area contributed by atoms with Crippen LogP contribution in [0.2, 0.25) is 5.02 Å². The van der Waals surface area contributed by atoms with Gasteiger partial charge in [0.25, 0.3) is 5.91 Å². The second-order valence-electron chi connectivity index (χ2n) is 6.71. The van der Waals surface area contributed by atoms with Gasteiger partial charge in [-0.3, -0.25) is 9.59 Å². The van der Waals surface area contributed by atoms with E-state index in [1.165, 1.54) is 4.90 Å². The van der Waals surface area contributed by atoms with Crippen LogP contribution in [0.3, 0.4) is 0 Å². The number of hydrogen-bond donors (Lipinski definition) is 1. The van der Waals surface area contributed by atoms with Crippen LogP contribution in [-0.2, 0) is 16.1 Å². The van der Waals surface area contributed by atoms with Crippen LogP contribution in [0.1, 0.15) is 32.3 Å². The molecule has 0 saturated heterocycles. The second kappa shape index (κ2) is 11.8. The van der Waals surface area contributed by atoms with Gasteiger partial charge in [-0.25, -0.2) is 0 Å². The number of ether oxygens (including phenoxy) is 1. The second-order valence-corrected chi connectivity index (χ2v) is 8.06. The topological polar surface area (TPSA) is 58.6 Å². The largest absolute Gasteiger partial charge is 0.484 e. The van der Waals surface area contributed by atoms with Crippen LogP contribution in [0.15, 0.2) is 53.0 Å². The predicted molar refractivity (Wildman–Crippen MR) is 119 cm³/mol. The molecule has 1 N–H and O–H groups in total. The Morgan fingerprint density at radius 2 is 1.79 bits per heavy atom. The van der Waals surface area contributed by atoms with Gasteiger partial charge in [-0.15, -0.1) is 0 Å². The molecule has 0 bridgehead atoms. The summed E-state index contributed by atoms with van der Waals surface area (Å²) in [6.07, 6.45) is 1.89. The minimum absolute atomic E-state index is 0.151. The molecule has 0 fully saturated rings. The fraction of sp³-hybridized carbons (Fsp3) is 0.364. The first-order chi connectivity index (χ1) is 13.9. The maximum absolute atomic E-state index is 12.9. The van der Waals surface area contributed by atoms with Crippen LogP contribution >= 0.6 is 27.5 Å². The molecule has 2 aromatic rings. The van der Waals surface area contributed by atoms with Gasteiger partial charge < -0.3 is 15.0 Å². The number of halogens is 2. The van der Waals surface area contributed by atoms with E-state index in [1.807, 2.05) is 24.3 Å². The fourth-order valence-corrected chi connectivity index (χ4v) is 3.05. The van der Waals surface area contributed by atoms with E-state index < -0.39 is 6.04 Å². The van der Waals surface area contributed by atoms with Gasteiger partial charge in [-0.2, -0.15) is 0 Å². The lowest BCUT2D eigenvalue weighted by Crippen LogP contribution is -2.49. The van der Waals surface area contributed by atoms with Gasteiger partial charge in [0.1, 0.15) is 11.8 Å². The number of carbonyl (C=O) groups excluding carboxylic acids is 2. The van der Waals surface area contributed by atoms with Crippen molar-refractivity contribution < 1.29 is 14.3 Å². The predicted octanol–water partition coefficient (Wildman–Crippen LogP) is 4.81. The molecule has 5 nitrogen and oxygen atoms in total. The maximum Gasteiger partial charge on any atom is 0.261 e. The van der Waals surface area contributed by atoms with Crippen LogP contribution < -0.4 is 10.1 Å². The Balaban J connectivity index is 2.08. The molecule has 0 aliphatic carbocycles. The van der Waals surface area contributed by atoms with E-state index in [2.05, 4.69) is 28.2 Å². The molecule has 7 heteroatoms. The van der Waals surface area contributed by atoms with Crippen molar-refractivity contribution in [3.63, 3.8) is 0 Å². The van der Waals surface area contributed by atoms with E-state index in [9.17, 15) is 9.59 Å². The van der Waals surface area contributed by atoms with Gasteiger partial charge in [-0.1, -0.05) is 53.0 Å². The number of nitrogens with one attached hydrogen (secondary N) is 1. The van der Waals surface area contributed by atoms with E-state index >= 15 is 0 Å². The van der Waals surface area contributed by atoms with E-state index in [0.717, 1.165) is 22.9 Å². The van der Waals surface area contributed by atoms with Crippen LogP contribution in [0.25, 0.3) is 0 Å². The van der Waals surface area contributed by atoms with E-state index in [1.54, 1.807) is 31.2 Å². The van der Waals surface area contributed by atoms with Crippen molar-refractivity contribution in [1.29, 1.82) is 0 Å². The monoisotopic (exact) mass is 480 g/mol. The third kappa shape index (κ3) is 7.71. The molecule has 0 aliphatic heterocycles. The summed E-state index contributed by atoms with van der Waals surface area (Å²) < 4.78 is 6.55.